The van der Waals surface area contributed by atoms with Gasteiger partial charge in [0.15, 0.2) is 31.0 Å². The smallest absolute Gasteiger partial charge is 0.263 e. The number of ether oxygens (including phenoxy) is 1. The summed E-state index contributed by atoms with van der Waals surface area (Å²) in [6.07, 6.45) is 6.21. The van der Waals surface area contributed by atoms with Crippen LogP contribution >= 0.6 is 0 Å². The molecule has 1 fully saturated rings. The number of carbonyl (C=O) groups is 1. The molecule has 9 nitrogen and oxygen atoms in total. The first kappa shape index (κ1) is 17.8. The quantitative estimate of drug-likeness (QED) is 0.674. The van der Waals surface area contributed by atoms with Gasteiger partial charge in [-0.15, -0.1) is 0 Å². The maximum absolute atomic E-state index is 12.3. The van der Waals surface area contributed by atoms with Gasteiger partial charge in [-0.2, -0.15) is 9.97 Å². The monoisotopic (exact) mass is 372 g/mol. The van der Waals surface area contributed by atoms with E-state index in [0.717, 1.165) is 37.9 Å². The zero-order chi connectivity index (χ0) is 19.0. The Balaban J connectivity index is 1.66. The summed E-state index contributed by atoms with van der Waals surface area (Å²) >= 11 is 0. The lowest BCUT2D eigenvalue weighted by Gasteiger charge is -2.29. The molecule has 1 amide bonds. The minimum atomic E-state index is -0.267. The highest BCUT2D eigenvalue weighted by Gasteiger charge is 2.30. The number of fused-ring (bicyclic) bond motifs is 1. The Kier molecular flexibility index (Phi) is 4.77. The number of nitrogens with two attached hydrogens (primary N) is 1. The van der Waals surface area contributed by atoms with Crippen molar-refractivity contribution >= 4 is 29.6 Å². The van der Waals surface area contributed by atoms with Gasteiger partial charge in [0.25, 0.3) is 5.91 Å². The summed E-state index contributed by atoms with van der Waals surface area (Å²) in [6, 6.07) is 0.596. The zero-order valence-corrected chi connectivity index (χ0v) is 15.7. The molecule has 1 saturated carbocycles. The molecule has 0 aromatic carbocycles. The molecule has 3 heterocycles. The van der Waals surface area contributed by atoms with E-state index >= 15 is 0 Å². The topological polar surface area (TPSA) is 118 Å². The predicted octanol–water partition coefficient (Wildman–Crippen LogP) is 0.816. The Morgan fingerprint density at radius 2 is 2.15 bits per heavy atom. The number of nitrogens with one attached hydrogen (secondary N) is 2. The van der Waals surface area contributed by atoms with Crippen LogP contribution in [0.1, 0.15) is 49.9 Å². The van der Waals surface area contributed by atoms with Crippen molar-refractivity contribution in [1.29, 1.82) is 0 Å². The first-order valence-corrected chi connectivity index (χ1v) is 9.54. The van der Waals surface area contributed by atoms with E-state index in [1.54, 1.807) is 0 Å². The van der Waals surface area contributed by atoms with E-state index < -0.39 is 0 Å². The molecule has 0 bridgehead atoms. The van der Waals surface area contributed by atoms with Gasteiger partial charge < -0.3 is 21.1 Å². The van der Waals surface area contributed by atoms with Crippen LogP contribution < -0.4 is 21.1 Å². The molecule has 3 aliphatic rings. The van der Waals surface area contributed by atoms with Gasteiger partial charge in [0.1, 0.15) is 11.6 Å². The minimum absolute atomic E-state index is 0.0666. The van der Waals surface area contributed by atoms with Crippen LogP contribution in [0.25, 0.3) is 0 Å². The Morgan fingerprint density at radius 3 is 2.89 bits per heavy atom. The summed E-state index contributed by atoms with van der Waals surface area (Å²) < 4.78 is 7.71. The molecule has 1 aromatic rings. The average Bonchev–Trinajstić information content (AvgIpc) is 2.59. The molecule has 2 unspecified atom stereocenters. The first-order valence-electron chi connectivity index (χ1n) is 9.54. The van der Waals surface area contributed by atoms with E-state index in [2.05, 4.69) is 44.0 Å². The van der Waals surface area contributed by atoms with Crippen molar-refractivity contribution in [2.45, 2.75) is 57.7 Å². The van der Waals surface area contributed by atoms with E-state index in [1.807, 2.05) is 6.21 Å². The summed E-state index contributed by atoms with van der Waals surface area (Å²) in [6.45, 7) is 5.07. The summed E-state index contributed by atoms with van der Waals surface area (Å²) in [7, 11) is 0. The summed E-state index contributed by atoms with van der Waals surface area (Å²) in [5.74, 6) is 0.737. The maximum atomic E-state index is 12.3. The normalized spacial score (nSPS) is 26.0. The van der Waals surface area contributed by atoms with E-state index in [-0.39, 0.29) is 36.2 Å². The van der Waals surface area contributed by atoms with Crippen molar-refractivity contribution in [2.75, 3.05) is 18.6 Å². The lowest BCUT2D eigenvalue weighted by molar-refractivity contribution is -0.550. The van der Waals surface area contributed by atoms with Crippen molar-refractivity contribution in [1.82, 2.24) is 15.3 Å². The molecule has 0 saturated heterocycles. The molecule has 0 radical (unpaired) electrons. The Labute approximate surface area is 158 Å². The molecule has 4 N–H and O–H groups in total. The lowest BCUT2D eigenvalue weighted by atomic mass is 9.91. The number of aliphatic imine (C=N–C) groups is 1. The number of rotatable bonds is 4. The van der Waals surface area contributed by atoms with Crippen LogP contribution in [-0.2, 0) is 0 Å². The molecule has 27 heavy (non-hydrogen) atoms. The second-order valence-electron chi connectivity index (χ2n) is 7.54. The summed E-state index contributed by atoms with van der Waals surface area (Å²) in [5, 5.41) is 5.97. The van der Waals surface area contributed by atoms with Gasteiger partial charge >= 0.3 is 0 Å². The highest BCUT2D eigenvalue weighted by atomic mass is 16.5. The molecule has 2 aliphatic heterocycles. The lowest BCUT2D eigenvalue weighted by Crippen LogP contribution is -2.43. The fourth-order valence-electron chi connectivity index (χ4n) is 3.52. The van der Waals surface area contributed by atoms with Crippen molar-refractivity contribution in [3.8, 4) is 5.88 Å². The first-order chi connectivity index (χ1) is 13.0. The Bertz CT molecular complexity index is 818. The fourth-order valence-corrected chi connectivity index (χ4v) is 3.52. The Morgan fingerprint density at radius 1 is 1.37 bits per heavy atom. The number of carbonyl (C=O) groups excluding carboxylic acids is 1. The second-order valence-corrected chi connectivity index (χ2v) is 7.54. The summed E-state index contributed by atoms with van der Waals surface area (Å²) in [4.78, 5) is 25.8. The van der Waals surface area contributed by atoms with Crippen LogP contribution in [-0.4, -0.2) is 63.8 Å². The fraction of sp³-hybridized carbons (Fsp3) is 0.611. The molecular weight excluding hydrogens is 346 g/mol. The van der Waals surface area contributed by atoms with Crippen LogP contribution in [0.2, 0.25) is 0 Å². The van der Waals surface area contributed by atoms with E-state index in [1.165, 1.54) is 0 Å². The molecule has 1 aliphatic carbocycles. The predicted molar refractivity (Wildman–Crippen MR) is 102 cm³/mol. The highest BCUT2D eigenvalue weighted by Crippen LogP contribution is 2.30. The number of amides is 1. The van der Waals surface area contributed by atoms with Crippen molar-refractivity contribution in [2.24, 2.45) is 10.7 Å². The molecule has 2 atom stereocenters. The molecule has 1 aromatic heterocycles. The van der Waals surface area contributed by atoms with Crippen LogP contribution in [0.3, 0.4) is 0 Å². The van der Waals surface area contributed by atoms with Gasteiger partial charge in [0.05, 0.1) is 0 Å². The van der Waals surface area contributed by atoms with Crippen molar-refractivity contribution in [3.05, 3.63) is 5.56 Å². The minimum Gasteiger partial charge on any atom is -0.456 e. The maximum Gasteiger partial charge on any atom is 0.263 e. The number of nitrogens with zero attached hydrogens (tertiary/aromatic N) is 4. The standard InChI is InChI=1S/C18H25N7O2/c1-10(2)25-7-11(8-25)21-15-14-16(26)20-9-27-17(14)24-18(23-15)22-13-6-4-3-5-12(13)19/h7,10,12-13H,3-6,8-9,19H2,1-2H3,(H-,20,22,23,24,26)/p+1. The molecule has 4 rings (SSSR count). The molecular formula is C18H26N7O2+. The van der Waals surface area contributed by atoms with E-state index in [4.69, 9.17) is 10.5 Å². The van der Waals surface area contributed by atoms with E-state index in [0.29, 0.717) is 17.8 Å². The second kappa shape index (κ2) is 7.22. The van der Waals surface area contributed by atoms with Crippen molar-refractivity contribution < 1.29 is 14.1 Å². The number of aromatic nitrogens is 2. The molecule has 0 spiro atoms. The van der Waals surface area contributed by atoms with Gasteiger partial charge in [0, 0.05) is 12.1 Å². The van der Waals surface area contributed by atoms with Gasteiger partial charge in [0.2, 0.25) is 11.8 Å². The van der Waals surface area contributed by atoms with Crippen LogP contribution in [0.15, 0.2) is 4.99 Å². The number of anilines is 1. The average molecular weight is 372 g/mol. The van der Waals surface area contributed by atoms with Gasteiger partial charge in [-0.3, -0.25) is 4.79 Å². The zero-order valence-electron chi connectivity index (χ0n) is 15.7. The third-order valence-corrected chi connectivity index (χ3v) is 5.23. The van der Waals surface area contributed by atoms with E-state index in [9.17, 15) is 4.79 Å². The van der Waals surface area contributed by atoms with Crippen LogP contribution in [0, 0.1) is 0 Å². The van der Waals surface area contributed by atoms with Gasteiger partial charge in [-0.05, 0) is 26.7 Å². The third kappa shape index (κ3) is 3.64. The van der Waals surface area contributed by atoms with Crippen LogP contribution in [0.4, 0.5) is 11.8 Å². The molecule has 144 valence electrons. The summed E-state index contributed by atoms with van der Waals surface area (Å²) in [5.41, 5.74) is 7.39. The van der Waals surface area contributed by atoms with Crippen molar-refractivity contribution in [3.63, 3.8) is 0 Å². The number of hydrogen-bond acceptors (Lipinski definition) is 7. The van der Waals surface area contributed by atoms with Crippen LogP contribution in [0.5, 0.6) is 5.88 Å². The van der Waals surface area contributed by atoms with Gasteiger partial charge in [-0.25, -0.2) is 9.57 Å². The SMILES string of the molecule is CC(C)[N+]1=CC(=Nc2nc(NC3CCCCC3N)nc3c2C(=O)NCO3)C1. The highest BCUT2D eigenvalue weighted by molar-refractivity contribution is 6.33. The largest absolute Gasteiger partial charge is 0.456 e. The number of hydrogen-bond donors (Lipinski definition) is 3. The Hall–Kier alpha value is -2.55. The van der Waals surface area contributed by atoms with Gasteiger partial charge in [-0.1, -0.05) is 12.8 Å². The molecule has 9 heteroatoms. The third-order valence-electron chi connectivity index (χ3n) is 5.23.